The van der Waals surface area contributed by atoms with Crippen molar-refractivity contribution in [3.63, 3.8) is 0 Å². The predicted octanol–water partition coefficient (Wildman–Crippen LogP) is 1.40. The van der Waals surface area contributed by atoms with Gasteiger partial charge in [0.15, 0.2) is 11.5 Å². The van der Waals surface area contributed by atoms with Gasteiger partial charge in [-0.25, -0.2) is 0 Å². The second kappa shape index (κ2) is 5.13. The standard InChI is InChI=1S/C13H19N5O/c1-9-15-16-13-7-6-12(17-18(9)13)14-8-10-4-2-3-5-11(10)19/h6-7,10-11,19H,2-5,8H2,1H3,(H,14,17)/t10-,11-/m0/s1. The highest BCUT2D eigenvalue weighted by Gasteiger charge is 2.22. The molecule has 1 aliphatic rings. The highest BCUT2D eigenvalue weighted by Crippen LogP contribution is 2.24. The molecule has 1 aliphatic carbocycles. The van der Waals surface area contributed by atoms with Crippen LogP contribution in [-0.2, 0) is 0 Å². The van der Waals surface area contributed by atoms with Gasteiger partial charge in [-0.3, -0.25) is 0 Å². The Labute approximate surface area is 111 Å². The van der Waals surface area contributed by atoms with E-state index in [9.17, 15) is 5.11 Å². The Morgan fingerprint density at radius 3 is 3.00 bits per heavy atom. The Hall–Kier alpha value is -1.69. The molecular formula is C13H19N5O. The molecule has 1 saturated carbocycles. The zero-order chi connectivity index (χ0) is 13.2. The number of hydrogen-bond acceptors (Lipinski definition) is 5. The van der Waals surface area contributed by atoms with Gasteiger partial charge >= 0.3 is 0 Å². The zero-order valence-corrected chi connectivity index (χ0v) is 11.1. The molecule has 3 rings (SSSR count). The van der Waals surface area contributed by atoms with E-state index in [0.717, 1.165) is 43.1 Å². The summed E-state index contributed by atoms with van der Waals surface area (Å²) in [5.41, 5.74) is 0.751. The number of rotatable bonds is 3. The number of aromatic nitrogens is 4. The first-order chi connectivity index (χ1) is 9.24. The summed E-state index contributed by atoms with van der Waals surface area (Å²) < 4.78 is 1.72. The van der Waals surface area contributed by atoms with Crippen molar-refractivity contribution in [2.45, 2.75) is 38.7 Å². The van der Waals surface area contributed by atoms with Crippen molar-refractivity contribution >= 4 is 11.5 Å². The minimum absolute atomic E-state index is 0.179. The van der Waals surface area contributed by atoms with Crippen LogP contribution in [0.2, 0.25) is 0 Å². The molecule has 6 heteroatoms. The number of anilines is 1. The van der Waals surface area contributed by atoms with Crippen molar-refractivity contribution in [2.24, 2.45) is 5.92 Å². The second-order valence-electron chi connectivity index (χ2n) is 5.23. The molecule has 19 heavy (non-hydrogen) atoms. The number of aliphatic hydroxyl groups excluding tert-OH is 1. The van der Waals surface area contributed by atoms with Crippen molar-refractivity contribution in [2.75, 3.05) is 11.9 Å². The molecule has 0 amide bonds. The minimum Gasteiger partial charge on any atom is -0.393 e. The molecule has 2 heterocycles. The van der Waals surface area contributed by atoms with E-state index in [2.05, 4.69) is 20.6 Å². The Balaban J connectivity index is 1.69. The van der Waals surface area contributed by atoms with Crippen LogP contribution in [0.5, 0.6) is 0 Å². The first-order valence-electron chi connectivity index (χ1n) is 6.85. The van der Waals surface area contributed by atoms with Gasteiger partial charge in [-0.1, -0.05) is 12.8 Å². The van der Waals surface area contributed by atoms with Crippen LogP contribution in [0.15, 0.2) is 12.1 Å². The first kappa shape index (κ1) is 12.3. The van der Waals surface area contributed by atoms with E-state index < -0.39 is 0 Å². The number of hydrogen-bond donors (Lipinski definition) is 2. The van der Waals surface area contributed by atoms with Crippen LogP contribution in [0.4, 0.5) is 5.82 Å². The monoisotopic (exact) mass is 261 g/mol. The van der Waals surface area contributed by atoms with E-state index in [0.29, 0.717) is 5.92 Å². The van der Waals surface area contributed by atoms with Gasteiger partial charge in [0.05, 0.1) is 6.10 Å². The SMILES string of the molecule is Cc1nnc2ccc(NC[C@@H]3CCCC[C@@H]3O)nn12. The third-order valence-electron chi connectivity index (χ3n) is 3.83. The number of aryl methyl sites for hydroxylation is 1. The molecule has 0 aliphatic heterocycles. The van der Waals surface area contributed by atoms with E-state index in [1.54, 1.807) is 4.52 Å². The van der Waals surface area contributed by atoms with Crippen molar-refractivity contribution in [3.8, 4) is 0 Å². The lowest BCUT2D eigenvalue weighted by Crippen LogP contribution is -2.30. The molecule has 1 fully saturated rings. The number of nitrogens with one attached hydrogen (secondary N) is 1. The van der Waals surface area contributed by atoms with Crippen LogP contribution in [0.1, 0.15) is 31.5 Å². The van der Waals surface area contributed by atoms with E-state index in [-0.39, 0.29) is 6.10 Å². The third-order valence-corrected chi connectivity index (χ3v) is 3.83. The quantitative estimate of drug-likeness (QED) is 0.873. The lowest BCUT2D eigenvalue weighted by molar-refractivity contribution is 0.0763. The molecule has 2 atom stereocenters. The van der Waals surface area contributed by atoms with E-state index in [1.807, 2.05) is 19.1 Å². The van der Waals surface area contributed by atoms with Crippen LogP contribution in [0.25, 0.3) is 5.65 Å². The molecule has 0 saturated heterocycles. The molecule has 0 bridgehead atoms. The van der Waals surface area contributed by atoms with Gasteiger partial charge in [-0.2, -0.15) is 4.52 Å². The lowest BCUT2D eigenvalue weighted by atomic mass is 9.86. The average molecular weight is 261 g/mol. The normalized spacial score (nSPS) is 23.7. The van der Waals surface area contributed by atoms with Crippen molar-refractivity contribution in [1.29, 1.82) is 0 Å². The number of aliphatic hydroxyl groups is 1. The van der Waals surface area contributed by atoms with Gasteiger partial charge in [0.1, 0.15) is 5.82 Å². The van der Waals surface area contributed by atoms with Gasteiger partial charge in [0.2, 0.25) is 0 Å². The zero-order valence-electron chi connectivity index (χ0n) is 11.1. The summed E-state index contributed by atoms with van der Waals surface area (Å²) in [6, 6.07) is 3.80. The highest BCUT2D eigenvalue weighted by atomic mass is 16.3. The third kappa shape index (κ3) is 2.53. The fourth-order valence-electron chi connectivity index (χ4n) is 2.65. The van der Waals surface area contributed by atoms with Crippen LogP contribution in [0.3, 0.4) is 0 Å². The average Bonchev–Trinajstić information content (AvgIpc) is 2.79. The van der Waals surface area contributed by atoms with Gasteiger partial charge in [0, 0.05) is 12.5 Å². The Bertz CT molecular complexity index is 567. The Kier molecular flexibility index (Phi) is 3.33. The molecule has 0 aromatic carbocycles. The number of nitrogens with zero attached hydrogens (tertiary/aromatic N) is 4. The predicted molar refractivity (Wildman–Crippen MR) is 72.0 cm³/mol. The maximum Gasteiger partial charge on any atom is 0.178 e. The number of fused-ring (bicyclic) bond motifs is 1. The largest absolute Gasteiger partial charge is 0.393 e. The second-order valence-corrected chi connectivity index (χ2v) is 5.23. The van der Waals surface area contributed by atoms with Gasteiger partial charge in [0.25, 0.3) is 0 Å². The molecule has 0 spiro atoms. The summed E-state index contributed by atoms with van der Waals surface area (Å²) in [4.78, 5) is 0. The van der Waals surface area contributed by atoms with E-state index in [1.165, 1.54) is 6.42 Å². The molecular weight excluding hydrogens is 242 g/mol. The molecule has 2 aromatic rings. The van der Waals surface area contributed by atoms with Crippen LogP contribution >= 0.6 is 0 Å². The van der Waals surface area contributed by atoms with Gasteiger partial charge in [-0.15, -0.1) is 15.3 Å². The maximum absolute atomic E-state index is 9.94. The van der Waals surface area contributed by atoms with Crippen LogP contribution in [0, 0.1) is 12.8 Å². The summed E-state index contributed by atoms with van der Waals surface area (Å²) in [6.45, 7) is 2.64. The minimum atomic E-state index is -0.179. The van der Waals surface area contributed by atoms with E-state index in [4.69, 9.17) is 0 Å². The van der Waals surface area contributed by atoms with Gasteiger partial charge < -0.3 is 10.4 Å². The van der Waals surface area contributed by atoms with Crippen molar-refractivity contribution < 1.29 is 5.11 Å². The molecule has 0 radical (unpaired) electrons. The Morgan fingerprint density at radius 2 is 2.16 bits per heavy atom. The fraction of sp³-hybridized carbons (Fsp3) is 0.615. The van der Waals surface area contributed by atoms with Crippen molar-refractivity contribution in [3.05, 3.63) is 18.0 Å². The molecule has 102 valence electrons. The van der Waals surface area contributed by atoms with E-state index >= 15 is 0 Å². The molecule has 2 N–H and O–H groups in total. The molecule has 6 nitrogen and oxygen atoms in total. The van der Waals surface area contributed by atoms with Crippen LogP contribution < -0.4 is 5.32 Å². The maximum atomic E-state index is 9.94. The van der Waals surface area contributed by atoms with Crippen LogP contribution in [-0.4, -0.2) is 37.6 Å². The first-order valence-corrected chi connectivity index (χ1v) is 6.85. The summed E-state index contributed by atoms with van der Waals surface area (Å²) in [5, 5.41) is 25.7. The fourth-order valence-corrected chi connectivity index (χ4v) is 2.65. The summed E-state index contributed by atoms with van der Waals surface area (Å²) >= 11 is 0. The lowest BCUT2D eigenvalue weighted by Gasteiger charge is -2.27. The van der Waals surface area contributed by atoms with Gasteiger partial charge in [-0.05, 0) is 31.9 Å². The topological polar surface area (TPSA) is 75.3 Å². The molecule has 2 aromatic heterocycles. The summed E-state index contributed by atoms with van der Waals surface area (Å²) in [5.74, 6) is 1.90. The Morgan fingerprint density at radius 1 is 1.32 bits per heavy atom. The van der Waals surface area contributed by atoms with Crippen molar-refractivity contribution in [1.82, 2.24) is 19.8 Å². The summed E-state index contributed by atoms with van der Waals surface area (Å²) in [6.07, 6.45) is 4.18. The summed E-state index contributed by atoms with van der Waals surface area (Å²) in [7, 11) is 0. The smallest absolute Gasteiger partial charge is 0.178 e. The molecule has 0 unspecified atom stereocenters. The highest BCUT2D eigenvalue weighted by molar-refractivity contribution is 5.43.